The van der Waals surface area contributed by atoms with Crippen LogP contribution in [-0.2, 0) is 6.42 Å². The molecule has 0 aliphatic heterocycles. The molecule has 1 fully saturated rings. The zero-order chi connectivity index (χ0) is 14.2. The molecule has 112 valence electrons. The lowest BCUT2D eigenvalue weighted by molar-refractivity contribution is 0.248. The van der Waals surface area contributed by atoms with Gasteiger partial charge in [-0.2, -0.15) is 0 Å². The van der Waals surface area contributed by atoms with Crippen LogP contribution in [0.4, 0.5) is 4.39 Å². The molecule has 0 N–H and O–H groups in total. The number of rotatable bonds is 7. The number of aryl methyl sites for hydroxylation is 1. The Bertz CT molecular complexity index is 377. The van der Waals surface area contributed by atoms with Crippen molar-refractivity contribution in [2.45, 2.75) is 71.1 Å². The zero-order valence-electron chi connectivity index (χ0n) is 12.9. The molecule has 0 bridgehead atoms. The summed E-state index contributed by atoms with van der Waals surface area (Å²) in [5.74, 6) is 1.78. The zero-order valence-corrected chi connectivity index (χ0v) is 12.9. The highest BCUT2D eigenvalue weighted by Gasteiger charge is 2.20. The van der Waals surface area contributed by atoms with Crippen LogP contribution >= 0.6 is 0 Å². The first-order chi connectivity index (χ1) is 9.79. The molecule has 1 heteroatoms. The first kappa shape index (κ1) is 15.5. The van der Waals surface area contributed by atoms with Gasteiger partial charge in [0.1, 0.15) is 5.82 Å². The van der Waals surface area contributed by atoms with Gasteiger partial charge in [0, 0.05) is 0 Å². The van der Waals surface area contributed by atoms with Gasteiger partial charge in [-0.05, 0) is 36.3 Å². The lowest BCUT2D eigenvalue weighted by Crippen LogP contribution is -2.15. The molecule has 2 rings (SSSR count). The summed E-state index contributed by atoms with van der Waals surface area (Å²) in [6, 6.07) is 7.25. The van der Waals surface area contributed by atoms with Crippen LogP contribution in [0.1, 0.15) is 70.3 Å². The van der Waals surface area contributed by atoms with Gasteiger partial charge in [0.25, 0.3) is 0 Å². The van der Waals surface area contributed by atoms with Crippen molar-refractivity contribution in [1.82, 2.24) is 0 Å². The Balaban J connectivity index is 1.66. The first-order valence-corrected chi connectivity index (χ1v) is 8.53. The van der Waals surface area contributed by atoms with Gasteiger partial charge in [-0.25, -0.2) is 4.39 Å². The average Bonchev–Trinajstić information content (AvgIpc) is 2.48. The molecule has 0 radical (unpaired) electrons. The summed E-state index contributed by atoms with van der Waals surface area (Å²) in [5, 5.41) is 0. The number of hydrogen-bond acceptors (Lipinski definition) is 0. The van der Waals surface area contributed by atoms with E-state index in [0.29, 0.717) is 0 Å². The number of unbranched alkanes of at least 4 members (excludes halogenated alkanes) is 2. The van der Waals surface area contributed by atoms with Crippen molar-refractivity contribution in [2.24, 2.45) is 11.8 Å². The first-order valence-electron chi connectivity index (χ1n) is 8.53. The molecule has 1 aromatic carbocycles. The van der Waals surface area contributed by atoms with Crippen LogP contribution in [0.15, 0.2) is 24.3 Å². The lowest BCUT2D eigenvalue weighted by Gasteiger charge is -2.28. The Morgan fingerprint density at radius 2 is 1.60 bits per heavy atom. The maximum Gasteiger partial charge on any atom is 0.126 e. The number of halogens is 1. The summed E-state index contributed by atoms with van der Waals surface area (Å²) >= 11 is 0. The molecule has 0 atom stereocenters. The van der Waals surface area contributed by atoms with Gasteiger partial charge in [-0.1, -0.05) is 76.5 Å². The highest BCUT2D eigenvalue weighted by Crippen LogP contribution is 2.34. The molecular weight excluding hydrogens is 247 g/mol. The molecule has 0 saturated heterocycles. The highest BCUT2D eigenvalue weighted by molar-refractivity contribution is 5.17. The third-order valence-corrected chi connectivity index (χ3v) is 4.96. The molecule has 20 heavy (non-hydrogen) atoms. The predicted octanol–water partition coefficient (Wildman–Crippen LogP) is 6.15. The smallest absolute Gasteiger partial charge is 0.126 e. The van der Waals surface area contributed by atoms with Crippen LogP contribution in [-0.4, -0.2) is 0 Å². The van der Waals surface area contributed by atoms with Crippen molar-refractivity contribution in [3.8, 4) is 0 Å². The Labute approximate surface area is 123 Å². The Kier molecular flexibility index (Phi) is 6.56. The van der Waals surface area contributed by atoms with E-state index in [1.54, 1.807) is 12.1 Å². The second kappa shape index (κ2) is 8.44. The quantitative estimate of drug-likeness (QED) is 0.524. The summed E-state index contributed by atoms with van der Waals surface area (Å²) in [6.45, 7) is 2.28. The van der Waals surface area contributed by atoms with Crippen LogP contribution in [0.3, 0.4) is 0 Å². The molecule has 0 spiro atoms. The van der Waals surface area contributed by atoms with Crippen molar-refractivity contribution in [1.29, 1.82) is 0 Å². The van der Waals surface area contributed by atoms with E-state index in [0.717, 1.165) is 23.8 Å². The van der Waals surface area contributed by atoms with E-state index in [1.807, 2.05) is 12.1 Å². The minimum Gasteiger partial charge on any atom is -0.207 e. The fourth-order valence-electron chi connectivity index (χ4n) is 3.55. The Hall–Kier alpha value is -0.850. The fourth-order valence-corrected chi connectivity index (χ4v) is 3.55. The van der Waals surface area contributed by atoms with Crippen molar-refractivity contribution in [3.05, 3.63) is 35.6 Å². The second-order valence-electron chi connectivity index (χ2n) is 6.51. The van der Waals surface area contributed by atoms with Gasteiger partial charge in [-0.3, -0.25) is 0 Å². The topological polar surface area (TPSA) is 0 Å². The summed E-state index contributed by atoms with van der Waals surface area (Å²) in [6.07, 6.45) is 13.2. The molecule has 0 unspecified atom stereocenters. The number of hydrogen-bond donors (Lipinski definition) is 0. The maximum absolute atomic E-state index is 13.6. The monoisotopic (exact) mass is 276 g/mol. The largest absolute Gasteiger partial charge is 0.207 e. The van der Waals surface area contributed by atoms with Gasteiger partial charge in [0.15, 0.2) is 0 Å². The molecule has 1 aromatic rings. The van der Waals surface area contributed by atoms with E-state index < -0.39 is 0 Å². The summed E-state index contributed by atoms with van der Waals surface area (Å²) in [5.41, 5.74) is 0.901. The molecule has 1 saturated carbocycles. The fraction of sp³-hybridized carbons (Fsp3) is 0.684. The van der Waals surface area contributed by atoms with Crippen molar-refractivity contribution >= 4 is 0 Å². The standard InChI is InChI=1S/C19H29F/c1-2-3-4-7-16-10-12-17(13-11-16)14-15-18-8-5-6-9-19(18)20/h5-6,8-9,16-17H,2-4,7,10-15H2,1H3. The van der Waals surface area contributed by atoms with Gasteiger partial charge < -0.3 is 0 Å². The van der Waals surface area contributed by atoms with Crippen LogP contribution < -0.4 is 0 Å². The molecule has 0 heterocycles. The minimum atomic E-state index is -0.0271. The average molecular weight is 276 g/mol. The van der Waals surface area contributed by atoms with Crippen LogP contribution in [0.2, 0.25) is 0 Å². The van der Waals surface area contributed by atoms with Crippen molar-refractivity contribution < 1.29 is 4.39 Å². The molecule has 1 aliphatic rings. The van der Waals surface area contributed by atoms with E-state index in [-0.39, 0.29) is 5.82 Å². The van der Waals surface area contributed by atoms with E-state index in [4.69, 9.17) is 0 Å². The third-order valence-electron chi connectivity index (χ3n) is 4.96. The normalized spacial score (nSPS) is 22.9. The van der Waals surface area contributed by atoms with E-state index >= 15 is 0 Å². The summed E-state index contributed by atoms with van der Waals surface area (Å²) in [4.78, 5) is 0. The third kappa shape index (κ3) is 4.92. The Morgan fingerprint density at radius 3 is 2.25 bits per heavy atom. The van der Waals surface area contributed by atoms with Crippen LogP contribution in [0.5, 0.6) is 0 Å². The second-order valence-corrected chi connectivity index (χ2v) is 6.51. The number of benzene rings is 1. The summed E-state index contributed by atoms with van der Waals surface area (Å²) in [7, 11) is 0. The van der Waals surface area contributed by atoms with Gasteiger partial charge >= 0.3 is 0 Å². The Morgan fingerprint density at radius 1 is 0.950 bits per heavy atom. The predicted molar refractivity (Wildman–Crippen MR) is 84.3 cm³/mol. The SMILES string of the molecule is CCCCCC1CCC(CCc2ccccc2F)CC1. The van der Waals surface area contributed by atoms with Crippen molar-refractivity contribution in [3.63, 3.8) is 0 Å². The summed E-state index contributed by atoms with van der Waals surface area (Å²) < 4.78 is 13.6. The molecular formula is C19H29F. The van der Waals surface area contributed by atoms with Gasteiger partial charge in [0.2, 0.25) is 0 Å². The lowest BCUT2D eigenvalue weighted by atomic mass is 9.78. The molecule has 0 nitrogen and oxygen atoms in total. The molecule has 0 amide bonds. The maximum atomic E-state index is 13.6. The van der Waals surface area contributed by atoms with E-state index in [1.165, 1.54) is 57.8 Å². The van der Waals surface area contributed by atoms with Crippen LogP contribution in [0.25, 0.3) is 0 Å². The van der Waals surface area contributed by atoms with Crippen molar-refractivity contribution in [2.75, 3.05) is 0 Å². The van der Waals surface area contributed by atoms with E-state index in [9.17, 15) is 4.39 Å². The molecule has 1 aliphatic carbocycles. The van der Waals surface area contributed by atoms with Gasteiger partial charge in [0.05, 0.1) is 0 Å². The van der Waals surface area contributed by atoms with Gasteiger partial charge in [-0.15, -0.1) is 0 Å². The minimum absolute atomic E-state index is 0.0271. The highest BCUT2D eigenvalue weighted by atomic mass is 19.1. The molecule has 0 aromatic heterocycles. The van der Waals surface area contributed by atoms with Crippen LogP contribution in [0, 0.1) is 17.7 Å². The van der Waals surface area contributed by atoms with E-state index in [2.05, 4.69) is 6.92 Å².